The number of rotatable bonds is 6. The van der Waals surface area contributed by atoms with E-state index in [1.807, 2.05) is 0 Å². The van der Waals surface area contributed by atoms with Crippen LogP contribution in [0.4, 0.5) is 11.4 Å². The smallest absolute Gasteiger partial charge is 0.326 e. The summed E-state index contributed by atoms with van der Waals surface area (Å²) in [6, 6.07) is 3.35. The number of benzene rings is 1. The number of aliphatic carboxylic acids is 1. The highest BCUT2D eigenvalue weighted by atomic mass is 79.9. The van der Waals surface area contributed by atoms with Crippen molar-refractivity contribution in [3.8, 4) is 0 Å². The molecular formula is C11H11BrN2O4. The van der Waals surface area contributed by atoms with E-state index in [0.29, 0.717) is 4.47 Å². The predicted molar refractivity (Wildman–Crippen MR) is 70.7 cm³/mol. The first-order chi connectivity index (χ1) is 8.45. The molecule has 1 atom stereocenters. The molecule has 96 valence electrons. The van der Waals surface area contributed by atoms with E-state index < -0.39 is 16.9 Å². The Labute approximate surface area is 112 Å². The van der Waals surface area contributed by atoms with Gasteiger partial charge in [0.05, 0.1) is 4.92 Å². The number of anilines is 1. The molecule has 2 N–H and O–H groups in total. The van der Waals surface area contributed by atoms with Gasteiger partial charge in [-0.1, -0.05) is 22.0 Å². The van der Waals surface area contributed by atoms with E-state index in [1.54, 1.807) is 0 Å². The van der Waals surface area contributed by atoms with Crippen molar-refractivity contribution in [2.75, 3.05) is 5.32 Å². The van der Waals surface area contributed by atoms with Crippen molar-refractivity contribution in [1.29, 1.82) is 0 Å². The highest BCUT2D eigenvalue weighted by Gasteiger charge is 2.21. The molecule has 0 aromatic heterocycles. The van der Waals surface area contributed by atoms with Crippen molar-refractivity contribution < 1.29 is 14.8 Å². The number of nitrogens with one attached hydrogen (secondary N) is 1. The van der Waals surface area contributed by atoms with E-state index in [4.69, 9.17) is 5.11 Å². The number of carbonyl (C=O) groups is 1. The Bertz CT molecular complexity index is 490. The van der Waals surface area contributed by atoms with Gasteiger partial charge in [-0.15, -0.1) is 6.58 Å². The Morgan fingerprint density at radius 2 is 2.33 bits per heavy atom. The summed E-state index contributed by atoms with van der Waals surface area (Å²) in [5.74, 6) is -1.09. The Hall–Kier alpha value is -1.89. The molecule has 0 heterocycles. The summed E-state index contributed by atoms with van der Waals surface area (Å²) in [5.41, 5.74) is -0.0165. The van der Waals surface area contributed by atoms with Crippen LogP contribution < -0.4 is 5.32 Å². The molecule has 0 radical (unpaired) electrons. The van der Waals surface area contributed by atoms with E-state index in [2.05, 4.69) is 27.8 Å². The normalized spacial score (nSPS) is 11.6. The van der Waals surface area contributed by atoms with Crippen molar-refractivity contribution in [1.82, 2.24) is 0 Å². The Kier molecular flexibility index (Phi) is 4.85. The molecule has 7 heteroatoms. The van der Waals surface area contributed by atoms with Crippen LogP contribution in [0.25, 0.3) is 0 Å². The zero-order valence-electron chi connectivity index (χ0n) is 9.30. The molecule has 0 aliphatic rings. The van der Waals surface area contributed by atoms with Crippen LogP contribution in [0.1, 0.15) is 6.42 Å². The van der Waals surface area contributed by atoms with Crippen molar-refractivity contribution in [2.24, 2.45) is 0 Å². The molecule has 1 unspecified atom stereocenters. The largest absolute Gasteiger partial charge is 0.480 e. The topological polar surface area (TPSA) is 92.5 Å². The van der Waals surface area contributed by atoms with E-state index >= 15 is 0 Å². The zero-order valence-corrected chi connectivity index (χ0v) is 10.9. The molecule has 0 aliphatic carbocycles. The summed E-state index contributed by atoms with van der Waals surface area (Å²) in [5, 5.41) is 22.4. The summed E-state index contributed by atoms with van der Waals surface area (Å²) >= 11 is 3.18. The third-order valence-electron chi connectivity index (χ3n) is 2.19. The van der Waals surface area contributed by atoms with Crippen LogP contribution in [0.5, 0.6) is 0 Å². The maximum Gasteiger partial charge on any atom is 0.326 e. The summed E-state index contributed by atoms with van der Waals surface area (Å²) in [6.45, 7) is 3.45. The van der Waals surface area contributed by atoms with Gasteiger partial charge in [0, 0.05) is 10.5 Å². The second-order valence-corrected chi connectivity index (χ2v) is 4.39. The van der Waals surface area contributed by atoms with Crippen LogP contribution in [-0.4, -0.2) is 22.0 Å². The minimum Gasteiger partial charge on any atom is -0.480 e. The molecule has 0 fully saturated rings. The van der Waals surface area contributed by atoms with E-state index in [0.717, 1.165) is 0 Å². The summed E-state index contributed by atoms with van der Waals surface area (Å²) < 4.78 is 0.623. The lowest BCUT2D eigenvalue weighted by Gasteiger charge is -2.14. The van der Waals surface area contributed by atoms with Gasteiger partial charge in [0.25, 0.3) is 5.69 Å². The van der Waals surface area contributed by atoms with Crippen molar-refractivity contribution in [3.63, 3.8) is 0 Å². The highest BCUT2D eigenvalue weighted by Crippen LogP contribution is 2.28. The summed E-state index contributed by atoms with van der Waals surface area (Å²) in [7, 11) is 0. The Balaban J connectivity index is 3.07. The van der Waals surface area contributed by atoms with Gasteiger partial charge in [-0.05, 0) is 18.6 Å². The first kappa shape index (κ1) is 14.2. The molecule has 0 saturated heterocycles. The van der Waals surface area contributed by atoms with Crippen LogP contribution in [-0.2, 0) is 4.79 Å². The molecule has 0 aliphatic heterocycles. The lowest BCUT2D eigenvalue weighted by Crippen LogP contribution is -2.28. The fourth-order valence-electron chi connectivity index (χ4n) is 1.36. The van der Waals surface area contributed by atoms with Crippen LogP contribution in [0.3, 0.4) is 0 Å². The molecule has 0 saturated carbocycles. The lowest BCUT2D eigenvalue weighted by molar-refractivity contribution is -0.384. The van der Waals surface area contributed by atoms with Crippen molar-refractivity contribution >= 4 is 33.3 Å². The van der Waals surface area contributed by atoms with Gasteiger partial charge in [0.1, 0.15) is 11.7 Å². The maximum absolute atomic E-state index is 11.0. The standard InChI is InChI=1S/C11H11BrN2O4/c1-2-3-8(11(15)16)13-9-6-7(12)4-5-10(9)14(17)18/h2,4-6,8,13H,1,3H2,(H,15,16). The average molecular weight is 315 g/mol. The van der Waals surface area contributed by atoms with Crippen LogP contribution in [0, 0.1) is 10.1 Å². The number of nitro benzene ring substituents is 1. The molecule has 18 heavy (non-hydrogen) atoms. The van der Waals surface area contributed by atoms with Crippen molar-refractivity contribution in [2.45, 2.75) is 12.5 Å². The van der Waals surface area contributed by atoms with Crippen LogP contribution in [0.2, 0.25) is 0 Å². The quantitative estimate of drug-likeness (QED) is 0.478. The third-order valence-corrected chi connectivity index (χ3v) is 2.68. The predicted octanol–water partition coefficient (Wildman–Crippen LogP) is 2.80. The van der Waals surface area contributed by atoms with Crippen LogP contribution >= 0.6 is 15.9 Å². The van der Waals surface area contributed by atoms with Crippen LogP contribution in [0.15, 0.2) is 35.3 Å². The number of carboxylic acids is 1. The van der Waals surface area contributed by atoms with Gasteiger partial charge >= 0.3 is 5.97 Å². The SMILES string of the molecule is C=CCC(Nc1cc(Br)ccc1[N+](=O)[O-])C(=O)O. The summed E-state index contributed by atoms with van der Waals surface area (Å²) in [4.78, 5) is 21.2. The third kappa shape index (κ3) is 3.56. The second-order valence-electron chi connectivity index (χ2n) is 3.48. The van der Waals surface area contributed by atoms with Gasteiger partial charge in [-0.2, -0.15) is 0 Å². The zero-order chi connectivity index (χ0) is 13.7. The number of hydrogen-bond acceptors (Lipinski definition) is 4. The van der Waals surface area contributed by atoms with Gasteiger partial charge in [0.15, 0.2) is 0 Å². The number of nitrogens with zero attached hydrogens (tertiary/aromatic N) is 1. The Morgan fingerprint density at radius 1 is 1.67 bits per heavy atom. The van der Waals surface area contributed by atoms with Gasteiger partial charge in [-0.3, -0.25) is 10.1 Å². The minimum absolute atomic E-state index is 0.156. The Morgan fingerprint density at radius 3 is 2.83 bits per heavy atom. The number of hydrogen-bond donors (Lipinski definition) is 2. The van der Waals surface area contributed by atoms with Crippen molar-refractivity contribution in [3.05, 3.63) is 45.4 Å². The fourth-order valence-corrected chi connectivity index (χ4v) is 1.72. The second kappa shape index (κ2) is 6.15. The molecule has 0 bridgehead atoms. The van der Waals surface area contributed by atoms with Gasteiger partial charge < -0.3 is 10.4 Å². The van der Waals surface area contributed by atoms with E-state index in [1.165, 1.54) is 24.3 Å². The average Bonchev–Trinajstić information content (AvgIpc) is 2.28. The number of nitro groups is 1. The lowest BCUT2D eigenvalue weighted by atomic mass is 10.2. The van der Waals surface area contributed by atoms with E-state index in [9.17, 15) is 14.9 Å². The highest BCUT2D eigenvalue weighted by molar-refractivity contribution is 9.10. The summed E-state index contributed by atoms with van der Waals surface area (Å²) in [6.07, 6.45) is 1.61. The van der Waals surface area contributed by atoms with E-state index in [-0.39, 0.29) is 17.8 Å². The molecule has 1 rings (SSSR count). The molecule has 6 nitrogen and oxygen atoms in total. The maximum atomic E-state index is 11.0. The monoisotopic (exact) mass is 314 g/mol. The fraction of sp³-hybridized carbons (Fsp3) is 0.182. The molecule has 1 aromatic carbocycles. The molecular weight excluding hydrogens is 304 g/mol. The molecule has 0 amide bonds. The molecule has 1 aromatic rings. The minimum atomic E-state index is -1.09. The first-order valence-corrected chi connectivity index (χ1v) is 5.79. The first-order valence-electron chi connectivity index (χ1n) is 5.00. The number of halogens is 1. The van der Waals surface area contributed by atoms with Gasteiger partial charge in [-0.25, -0.2) is 4.79 Å². The van der Waals surface area contributed by atoms with Gasteiger partial charge in [0.2, 0.25) is 0 Å². The number of carboxylic acid groups (broad SMARTS) is 1. The molecule has 0 spiro atoms.